The molecule has 1 fully saturated rings. The molecule has 4 heteroatoms. The first kappa shape index (κ1) is 13.4. The topological polar surface area (TPSA) is 50.2 Å². The smallest absolute Gasteiger partial charge is 0.337 e. The molecule has 1 heterocycles. The van der Waals surface area contributed by atoms with Gasteiger partial charge in [-0.2, -0.15) is 0 Å². The average Bonchev–Trinajstić information content (AvgIpc) is 2.39. The van der Waals surface area contributed by atoms with Crippen molar-refractivity contribution in [2.75, 3.05) is 0 Å². The molecule has 2 unspecified atom stereocenters. The van der Waals surface area contributed by atoms with Gasteiger partial charge in [-0.3, -0.25) is 0 Å². The zero-order chi connectivity index (χ0) is 13.0. The summed E-state index contributed by atoms with van der Waals surface area (Å²) in [6.45, 7) is 2.26. The molecule has 1 aromatic heterocycles. The second-order valence-electron chi connectivity index (χ2n) is 4.87. The molecule has 18 heavy (non-hydrogen) atoms. The normalized spacial score (nSPS) is 23.8. The highest BCUT2D eigenvalue weighted by atomic mass is 32.2. The van der Waals surface area contributed by atoms with Crippen molar-refractivity contribution < 1.29 is 9.90 Å². The molecular weight excluding hydrogens is 246 g/mol. The molecule has 1 N–H and O–H groups in total. The van der Waals surface area contributed by atoms with Crippen LogP contribution in [0.5, 0.6) is 0 Å². The lowest BCUT2D eigenvalue weighted by Crippen LogP contribution is -2.16. The maximum atomic E-state index is 10.7. The second-order valence-corrected chi connectivity index (χ2v) is 6.19. The summed E-state index contributed by atoms with van der Waals surface area (Å²) in [5, 5.41) is 10.4. The van der Waals surface area contributed by atoms with Gasteiger partial charge in [-0.25, -0.2) is 9.78 Å². The number of carboxylic acids is 1. The van der Waals surface area contributed by atoms with Crippen LogP contribution in [0.3, 0.4) is 0 Å². The minimum Gasteiger partial charge on any atom is -0.478 e. The van der Waals surface area contributed by atoms with Crippen LogP contribution in [0.25, 0.3) is 0 Å². The first-order valence-corrected chi connectivity index (χ1v) is 7.43. The van der Waals surface area contributed by atoms with Crippen molar-refractivity contribution >= 4 is 17.7 Å². The van der Waals surface area contributed by atoms with Crippen LogP contribution in [0.2, 0.25) is 0 Å². The number of nitrogens with zero attached hydrogens (tertiary/aromatic N) is 1. The minimum absolute atomic E-state index is 0.259. The molecule has 0 amide bonds. The van der Waals surface area contributed by atoms with Gasteiger partial charge in [-0.05, 0) is 30.9 Å². The molecule has 1 aliphatic carbocycles. The Morgan fingerprint density at radius 2 is 2.33 bits per heavy atom. The highest BCUT2D eigenvalue weighted by Gasteiger charge is 2.21. The van der Waals surface area contributed by atoms with Gasteiger partial charge in [0.25, 0.3) is 0 Å². The quantitative estimate of drug-likeness (QED) is 0.898. The fourth-order valence-corrected chi connectivity index (χ4v) is 3.72. The largest absolute Gasteiger partial charge is 0.478 e. The SMILES string of the molecule is CCC1CCCC(Sc2ccc(C(=O)O)cn2)C1. The zero-order valence-electron chi connectivity index (χ0n) is 10.6. The highest BCUT2D eigenvalue weighted by molar-refractivity contribution is 7.99. The van der Waals surface area contributed by atoms with Crippen molar-refractivity contribution in [3.05, 3.63) is 23.9 Å². The molecule has 2 atom stereocenters. The summed E-state index contributed by atoms with van der Waals surface area (Å²) in [6, 6.07) is 3.46. The van der Waals surface area contributed by atoms with E-state index >= 15 is 0 Å². The van der Waals surface area contributed by atoms with Gasteiger partial charge in [0.15, 0.2) is 0 Å². The molecule has 0 bridgehead atoms. The van der Waals surface area contributed by atoms with Crippen LogP contribution in [0, 0.1) is 5.92 Å². The molecule has 1 saturated carbocycles. The third-order valence-electron chi connectivity index (χ3n) is 3.58. The predicted molar refractivity (Wildman–Crippen MR) is 73.1 cm³/mol. The molecule has 0 saturated heterocycles. The Balaban J connectivity index is 1.94. The monoisotopic (exact) mass is 265 g/mol. The molecule has 1 aromatic rings. The van der Waals surface area contributed by atoms with E-state index in [-0.39, 0.29) is 5.56 Å². The van der Waals surface area contributed by atoms with E-state index in [0.29, 0.717) is 5.25 Å². The number of carbonyl (C=O) groups is 1. The Kier molecular flexibility index (Phi) is 4.64. The Hall–Kier alpha value is -1.03. The molecule has 98 valence electrons. The maximum Gasteiger partial charge on any atom is 0.337 e. The van der Waals surface area contributed by atoms with Gasteiger partial charge in [0, 0.05) is 11.4 Å². The first-order chi connectivity index (χ1) is 8.69. The van der Waals surface area contributed by atoms with E-state index in [0.717, 1.165) is 10.9 Å². The number of hydrogen-bond donors (Lipinski definition) is 1. The van der Waals surface area contributed by atoms with E-state index in [1.54, 1.807) is 17.8 Å². The van der Waals surface area contributed by atoms with E-state index in [9.17, 15) is 4.79 Å². The molecule has 2 rings (SSSR count). The summed E-state index contributed by atoms with van der Waals surface area (Å²) < 4.78 is 0. The van der Waals surface area contributed by atoms with Crippen LogP contribution in [-0.4, -0.2) is 21.3 Å². The van der Waals surface area contributed by atoms with Crippen molar-refractivity contribution in [2.45, 2.75) is 49.3 Å². The van der Waals surface area contributed by atoms with Crippen molar-refractivity contribution in [1.82, 2.24) is 4.98 Å². The maximum absolute atomic E-state index is 10.7. The lowest BCUT2D eigenvalue weighted by Gasteiger charge is -2.27. The van der Waals surface area contributed by atoms with Crippen LogP contribution in [0.4, 0.5) is 0 Å². The van der Waals surface area contributed by atoms with E-state index in [2.05, 4.69) is 11.9 Å². The van der Waals surface area contributed by atoms with Crippen LogP contribution in [0.1, 0.15) is 49.4 Å². The average molecular weight is 265 g/mol. The fourth-order valence-electron chi connectivity index (χ4n) is 2.47. The summed E-state index contributed by atoms with van der Waals surface area (Å²) in [5.74, 6) is -0.0580. The van der Waals surface area contributed by atoms with Crippen LogP contribution >= 0.6 is 11.8 Å². The number of rotatable bonds is 4. The Morgan fingerprint density at radius 1 is 1.50 bits per heavy atom. The van der Waals surface area contributed by atoms with E-state index in [4.69, 9.17) is 5.11 Å². The van der Waals surface area contributed by atoms with Gasteiger partial charge < -0.3 is 5.11 Å². The summed E-state index contributed by atoms with van der Waals surface area (Å²) in [6.07, 6.45) is 7.91. The molecule has 0 aliphatic heterocycles. The number of carboxylic acid groups (broad SMARTS) is 1. The van der Waals surface area contributed by atoms with Crippen molar-refractivity contribution in [3.8, 4) is 0 Å². The van der Waals surface area contributed by atoms with E-state index in [1.165, 1.54) is 38.3 Å². The molecular formula is C14H19NO2S. The van der Waals surface area contributed by atoms with Crippen LogP contribution in [0.15, 0.2) is 23.4 Å². The van der Waals surface area contributed by atoms with Gasteiger partial charge in [-0.1, -0.05) is 26.2 Å². The van der Waals surface area contributed by atoms with E-state index < -0.39 is 5.97 Å². The number of aromatic carboxylic acids is 1. The lowest BCUT2D eigenvalue weighted by atomic mass is 9.87. The predicted octanol–water partition coefficient (Wildman–Crippen LogP) is 3.84. The lowest BCUT2D eigenvalue weighted by molar-refractivity contribution is 0.0696. The van der Waals surface area contributed by atoms with E-state index in [1.807, 2.05) is 6.07 Å². The third kappa shape index (κ3) is 3.48. The molecule has 3 nitrogen and oxygen atoms in total. The number of thioether (sulfide) groups is 1. The molecule has 0 aromatic carbocycles. The van der Waals surface area contributed by atoms with Gasteiger partial charge in [0.05, 0.1) is 10.6 Å². The molecule has 0 spiro atoms. The standard InChI is InChI=1S/C14H19NO2S/c1-2-10-4-3-5-12(8-10)18-13-7-6-11(9-15-13)14(16)17/h6-7,9-10,12H,2-5,8H2,1H3,(H,16,17). The summed E-state index contributed by atoms with van der Waals surface area (Å²) in [4.78, 5) is 15.0. The third-order valence-corrected chi connectivity index (χ3v) is 4.83. The first-order valence-electron chi connectivity index (χ1n) is 6.55. The van der Waals surface area contributed by atoms with Crippen molar-refractivity contribution in [3.63, 3.8) is 0 Å². The highest BCUT2D eigenvalue weighted by Crippen LogP contribution is 2.36. The summed E-state index contributed by atoms with van der Waals surface area (Å²) >= 11 is 1.80. The van der Waals surface area contributed by atoms with Gasteiger partial charge >= 0.3 is 5.97 Å². The second kappa shape index (κ2) is 6.23. The van der Waals surface area contributed by atoms with Crippen LogP contribution < -0.4 is 0 Å². The molecule has 0 radical (unpaired) electrons. The Labute approximate surface area is 112 Å². The fraction of sp³-hybridized carbons (Fsp3) is 0.571. The summed E-state index contributed by atoms with van der Waals surface area (Å²) in [5.41, 5.74) is 0.259. The zero-order valence-corrected chi connectivity index (χ0v) is 11.4. The van der Waals surface area contributed by atoms with Crippen molar-refractivity contribution in [2.24, 2.45) is 5.92 Å². The Bertz CT molecular complexity index is 405. The number of pyridine rings is 1. The van der Waals surface area contributed by atoms with Gasteiger partial charge in [-0.15, -0.1) is 11.8 Å². The Morgan fingerprint density at radius 3 is 2.94 bits per heavy atom. The number of hydrogen-bond acceptors (Lipinski definition) is 3. The van der Waals surface area contributed by atoms with Crippen LogP contribution in [-0.2, 0) is 0 Å². The minimum atomic E-state index is -0.914. The van der Waals surface area contributed by atoms with Crippen molar-refractivity contribution in [1.29, 1.82) is 0 Å². The summed E-state index contributed by atoms with van der Waals surface area (Å²) in [7, 11) is 0. The van der Waals surface area contributed by atoms with Gasteiger partial charge in [0.1, 0.15) is 0 Å². The number of aromatic nitrogens is 1. The van der Waals surface area contributed by atoms with Gasteiger partial charge in [0.2, 0.25) is 0 Å². The molecule has 1 aliphatic rings.